The highest BCUT2D eigenvalue weighted by Crippen LogP contribution is 2.32. The molecule has 5 heteroatoms. The predicted octanol–water partition coefficient (Wildman–Crippen LogP) is 1.32. The SMILES string of the molecule is CC(=O)NCCc1ccc2c(O)c(O)ccc2n1. The van der Waals surface area contributed by atoms with Crippen LogP contribution in [0, 0.1) is 0 Å². The zero-order chi connectivity index (χ0) is 13.1. The molecule has 5 nitrogen and oxygen atoms in total. The van der Waals surface area contributed by atoms with Crippen LogP contribution in [0.4, 0.5) is 0 Å². The Kier molecular flexibility index (Phi) is 3.32. The highest BCUT2D eigenvalue weighted by Gasteiger charge is 2.06. The summed E-state index contributed by atoms with van der Waals surface area (Å²) >= 11 is 0. The van der Waals surface area contributed by atoms with E-state index in [-0.39, 0.29) is 17.4 Å². The van der Waals surface area contributed by atoms with E-state index >= 15 is 0 Å². The number of phenols is 2. The van der Waals surface area contributed by atoms with Crippen molar-refractivity contribution >= 4 is 16.8 Å². The van der Waals surface area contributed by atoms with E-state index < -0.39 is 0 Å². The van der Waals surface area contributed by atoms with Crippen molar-refractivity contribution in [1.82, 2.24) is 10.3 Å². The van der Waals surface area contributed by atoms with Gasteiger partial charge in [-0.05, 0) is 24.3 Å². The normalized spacial score (nSPS) is 10.5. The molecule has 2 aromatic rings. The van der Waals surface area contributed by atoms with Gasteiger partial charge in [-0.25, -0.2) is 0 Å². The zero-order valence-corrected chi connectivity index (χ0v) is 9.97. The minimum Gasteiger partial charge on any atom is -0.504 e. The maximum atomic E-state index is 10.7. The number of carbonyl (C=O) groups is 1. The molecule has 0 unspecified atom stereocenters. The predicted molar refractivity (Wildman–Crippen MR) is 67.5 cm³/mol. The number of amides is 1. The van der Waals surface area contributed by atoms with Crippen molar-refractivity contribution in [2.24, 2.45) is 0 Å². The molecule has 1 amide bonds. The summed E-state index contributed by atoms with van der Waals surface area (Å²) in [6.45, 7) is 1.99. The fourth-order valence-corrected chi connectivity index (χ4v) is 1.73. The zero-order valence-electron chi connectivity index (χ0n) is 9.97. The fourth-order valence-electron chi connectivity index (χ4n) is 1.73. The highest BCUT2D eigenvalue weighted by atomic mass is 16.3. The number of pyridine rings is 1. The van der Waals surface area contributed by atoms with E-state index in [0.29, 0.717) is 23.9 Å². The average Bonchev–Trinajstić information content (AvgIpc) is 2.33. The van der Waals surface area contributed by atoms with Crippen molar-refractivity contribution < 1.29 is 15.0 Å². The Morgan fingerprint density at radius 1 is 1.28 bits per heavy atom. The van der Waals surface area contributed by atoms with Gasteiger partial charge < -0.3 is 15.5 Å². The Balaban J connectivity index is 2.23. The van der Waals surface area contributed by atoms with Crippen LogP contribution in [0.1, 0.15) is 12.6 Å². The molecule has 0 radical (unpaired) electrons. The van der Waals surface area contributed by atoms with Crippen molar-refractivity contribution in [2.45, 2.75) is 13.3 Å². The lowest BCUT2D eigenvalue weighted by Gasteiger charge is -2.06. The highest BCUT2D eigenvalue weighted by molar-refractivity contribution is 5.87. The van der Waals surface area contributed by atoms with Crippen LogP contribution in [-0.4, -0.2) is 27.6 Å². The van der Waals surface area contributed by atoms with E-state index in [1.807, 2.05) is 0 Å². The van der Waals surface area contributed by atoms with Crippen molar-refractivity contribution in [1.29, 1.82) is 0 Å². The first-order valence-corrected chi connectivity index (χ1v) is 5.63. The van der Waals surface area contributed by atoms with Crippen LogP contribution < -0.4 is 5.32 Å². The number of aromatic hydroxyl groups is 2. The average molecular weight is 246 g/mol. The summed E-state index contributed by atoms with van der Waals surface area (Å²) in [5, 5.41) is 22.2. The number of hydrogen-bond donors (Lipinski definition) is 3. The Bertz CT molecular complexity index is 596. The summed E-state index contributed by atoms with van der Waals surface area (Å²) in [6, 6.07) is 6.53. The van der Waals surface area contributed by atoms with Gasteiger partial charge in [-0.3, -0.25) is 9.78 Å². The van der Waals surface area contributed by atoms with Crippen LogP contribution >= 0.6 is 0 Å². The molecule has 1 heterocycles. The molecule has 0 aliphatic carbocycles. The number of phenolic OH excluding ortho intramolecular Hbond substituents is 2. The van der Waals surface area contributed by atoms with E-state index in [1.165, 1.54) is 13.0 Å². The molecule has 0 atom stereocenters. The van der Waals surface area contributed by atoms with E-state index in [9.17, 15) is 15.0 Å². The molecule has 94 valence electrons. The third-order valence-corrected chi connectivity index (χ3v) is 2.63. The fraction of sp³-hybridized carbons (Fsp3) is 0.231. The lowest BCUT2D eigenvalue weighted by Crippen LogP contribution is -2.22. The van der Waals surface area contributed by atoms with Crippen molar-refractivity contribution in [3.8, 4) is 11.5 Å². The van der Waals surface area contributed by atoms with Gasteiger partial charge in [-0.15, -0.1) is 0 Å². The number of rotatable bonds is 3. The molecular formula is C13H14N2O3. The first kappa shape index (κ1) is 12.2. The number of benzene rings is 1. The summed E-state index contributed by atoms with van der Waals surface area (Å²) in [5.41, 5.74) is 1.44. The quantitative estimate of drug-likeness (QED) is 0.713. The maximum absolute atomic E-state index is 10.7. The number of carbonyl (C=O) groups excluding carboxylic acids is 1. The summed E-state index contributed by atoms with van der Waals surface area (Å²) < 4.78 is 0. The Morgan fingerprint density at radius 3 is 2.78 bits per heavy atom. The van der Waals surface area contributed by atoms with Gasteiger partial charge in [0.05, 0.1) is 5.52 Å². The van der Waals surface area contributed by atoms with Gasteiger partial charge >= 0.3 is 0 Å². The second kappa shape index (κ2) is 4.91. The molecule has 1 aromatic carbocycles. The number of nitrogens with one attached hydrogen (secondary N) is 1. The standard InChI is InChI=1S/C13H14N2O3/c1-8(16)14-7-6-9-2-3-10-11(15-9)4-5-12(17)13(10)18/h2-5,17-18H,6-7H2,1H3,(H,14,16). The minimum atomic E-state index is -0.159. The molecule has 0 aliphatic rings. The van der Waals surface area contributed by atoms with Gasteiger partial charge in [0.25, 0.3) is 0 Å². The van der Waals surface area contributed by atoms with Gasteiger partial charge in [-0.2, -0.15) is 0 Å². The summed E-state index contributed by atoms with van der Waals surface area (Å²) in [6.07, 6.45) is 0.622. The lowest BCUT2D eigenvalue weighted by atomic mass is 10.1. The largest absolute Gasteiger partial charge is 0.504 e. The van der Waals surface area contributed by atoms with Crippen LogP contribution in [0.15, 0.2) is 24.3 Å². The summed E-state index contributed by atoms with van der Waals surface area (Å²) in [4.78, 5) is 15.1. The first-order chi connectivity index (χ1) is 8.58. The summed E-state index contributed by atoms with van der Waals surface area (Å²) in [5.74, 6) is -0.387. The van der Waals surface area contributed by atoms with Crippen LogP contribution in [-0.2, 0) is 11.2 Å². The molecule has 0 spiro atoms. The van der Waals surface area contributed by atoms with Crippen molar-refractivity contribution in [3.05, 3.63) is 30.0 Å². The number of aromatic nitrogens is 1. The van der Waals surface area contributed by atoms with Crippen LogP contribution in [0.25, 0.3) is 10.9 Å². The molecule has 0 saturated carbocycles. The molecule has 0 bridgehead atoms. The molecule has 3 N–H and O–H groups in total. The molecule has 0 fully saturated rings. The van der Waals surface area contributed by atoms with Gasteiger partial charge in [0.15, 0.2) is 11.5 Å². The van der Waals surface area contributed by atoms with E-state index in [1.54, 1.807) is 18.2 Å². The van der Waals surface area contributed by atoms with Gasteiger partial charge in [-0.1, -0.05) is 0 Å². The Morgan fingerprint density at radius 2 is 2.06 bits per heavy atom. The van der Waals surface area contributed by atoms with Crippen molar-refractivity contribution in [2.75, 3.05) is 6.54 Å². The molecule has 18 heavy (non-hydrogen) atoms. The number of fused-ring (bicyclic) bond motifs is 1. The third-order valence-electron chi connectivity index (χ3n) is 2.63. The molecule has 0 aliphatic heterocycles. The Hall–Kier alpha value is -2.30. The van der Waals surface area contributed by atoms with E-state index in [4.69, 9.17) is 0 Å². The molecular weight excluding hydrogens is 232 g/mol. The van der Waals surface area contributed by atoms with Gasteiger partial charge in [0.1, 0.15) is 0 Å². The van der Waals surface area contributed by atoms with Crippen LogP contribution in [0.3, 0.4) is 0 Å². The minimum absolute atomic E-state index is 0.0710. The molecule has 0 saturated heterocycles. The summed E-state index contributed by atoms with van der Waals surface area (Å²) in [7, 11) is 0. The van der Waals surface area contributed by atoms with Crippen LogP contribution in [0.2, 0.25) is 0 Å². The first-order valence-electron chi connectivity index (χ1n) is 5.63. The smallest absolute Gasteiger partial charge is 0.216 e. The van der Waals surface area contributed by atoms with Gasteiger partial charge in [0.2, 0.25) is 5.91 Å². The van der Waals surface area contributed by atoms with Crippen LogP contribution in [0.5, 0.6) is 11.5 Å². The topological polar surface area (TPSA) is 82.5 Å². The third kappa shape index (κ3) is 2.51. The number of nitrogens with zero attached hydrogens (tertiary/aromatic N) is 1. The maximum Gasteiger partial charge on any atom is 0.216 e. The monoisotopic (exact) mass is 246 g/mol. The molecule has 2 rings (SSSR count). The van der Waals surface area contributed by atoms with Crippen molar-refractivity contribution in [3.63, 3.8) is 0 Å². The van der Waals surface area contributed by atoms with Gasteiger partial charge in [0, 0.05) is 31.0 Å². The lowest BCUT2D eigenvalue weighted by molar-refractivity contribution is -0.118. The van der Waals surface area contributed by atoms with E-state index in [2.05, 4.69) is 10.3 Å². The molecule has 1 aromatic heterocycles. The Labute approximate surface area is 104 Å². The second-order valence-corrected chi connectivity index (χ2v) is 4.04. The number of hydrogen-bond acceptors (Lipinski definition) is 4. The second-order valence-electron chi connectivity index (χ2n) is 4.04. The van der Waals surface area contributed by atoms with E-state index in [0.717, 1.165) is 5.69 Å².